The second kappa shape index (κ2) is 13.5. The molecule has 0 N–H and O–H groups in total. The second-order valence-corrected chi connectivity index (χ2v) is 19.0. The summed E-state index contributed by atoms with van der Waals surface area (Å²) in [4.78, 5) is 0. The van der Waals surface area contributed by atoms with E-state index in [-0.39, 0.29) is 51.5 Å². The van der Waals surface area contributed by atoms with Crippen molar-refractivity contribution in [3.63, 3.8) is 0 Å². The van der Waals surface area contributed by atoms with Gasteiger partial charge in [0.25, 0.3) is 0 Å². The summed E-state index contributed by atoms with van der Waals surface area (Å²) in [6.07, 6.45) is 0. The van der Waals surface area contributed by atoms with Gasteiger partial charge in [0.05, 0.1) is 8.07 Å². The zero-order valence-corrected chi connectivity index (χ0v) is 33.7. The summed E-state index contributed by atoms with van der Waals surface area (Å²) in [7, 11) is -1.97. The molecular weight excluding hydrogens is 723 g/mol. The number of hydrogen-bond acceptors (Lipinski definition) is 0. The van der Waals surface area contributed by atoms with E-state index in [0.717, 1.165) is 0 Å². The van der Waals surface area contributed by atoms with Crippen LogP contribution in [0.25, 0.3) is 43.8 Å². The van der Waals surface area contributed by atoms with Crippen LogP contribution in [-0.4, -0.2) is 8.07 Å². The average molecular weight is 773 g/mol. The Hall–Kier alpha value is -2.81. The molecular formula is C43H50HfSi. The summed E-state index contributed by atoms with van der Waals surface area (Å²) in [5.41, 5.74) is 8.31. The number of benzene rings is 4. The van der Waals surface area contributed by atoms with Gasteiger partial charge in [-0.15, -0.1) is 68.3 Å². The zero-order valence-electron chi connectivity index (χ0n) is 29.1. The quantitative estimate of drug-likeness (QED) is 0.121. The van der Waals surface area contributed by atoms with Gasteiger partial charge in [0.1, 0.15) is 0 Å². The first-order chi connectivity index (χ1) is 19.9. The molecule has 0 nitrogen and oxygen atoms in total. The van der Waals surface area contributed by atoms with Crippen LogP contribution in [-0.2, 0) is 36.7 Å². The van der Waals surface area contributed by atoms with Crippen molar-refractivity contribution in [3.05, 3.63) is 135 Å². The molecule has 6 aromatic rings. The van der Waals surface area contributed by atoms with Crippen LogP contribution in [0.3, 0.4) is 0 Å². The van der Waals surface area contributed by atoms with Gasteiger partial charge >= 0.3 is 25.8 Å². The van der Waals surface area contributed by atoms with Crippen molar-refractivity contribution in [2.24, 2.45) is 0 Å². The fourth-order valence-electron chi connectivity index (χ4n) is 6.49. The van der Waals surface area contributed by atoms with Crippen LogP contribution in [0.5, 0.6) is 0 Å². The Morgan fingerprint density at radius 1 is 0.556 bits per heavy atom. The molecule has 0 bridgehead atoms. The van der Waals surface area contributed by atoms with Gasteiger partial charge in [-0.3, -0.25) is 0 Å². The third-order valence-corrected chi connectivity index (χ3v) is 14.1. The Kier molecular flexibility index (Phi) is 11.0. The van der Waals surface area contributed by atoms with Gasteiger partial charge in [0.2, 0.25) is 0 Å². The van der Waals surface area contributed by atoms with Crippen LogP contribution in [0.2, 0.25) is 12.6 Å². The molecule has 6 aromatic carbocycles. The minimum absolute atomic E-state index is 0. The molecule has 2 heteroatoms. The van der Waals surface area contributed by atoms with Gasteiger partial charge in [-0.1, -0.05) is 133 Å². The Labute approximate surface area is 293 Å². The summed E-state index contributed by atoms with van der Waals surface area (Å²) in [5.74, 6) is 0. The molecule has 0 amide bonds. The molecule has 0 saturated carbocycles. The number of rotatable bonds is 5. The maximum Gasteiger partial charge on any atom is 4.00 e. The molecule has 0 saturated heterocycles. The van der Waals surface area contributed by atoms with E-state index in [1.165, 1.54) is 71.3 Å². The molecule has 0 radical (unpaired) electrons. The second-order valence-electron chi connectivity index (χ2n) is 14.5. The largest absolute Gasteiger partial charge is 4.00 e. The monoisotopic (exact) mass is 774 g/mol. The molecule has 0 spiro atoms. The van der Waals surface area contributed by atoms with E-state index < -0.39 is 8.07 Å². The molecule has 45 heavy (non-hydrogen) atoms. The molecule has 0 unspecified atom stereocenters. The average Bonchev–Trinajstić information content (AvgIpc) is 3.61. The van der Waals surface area contributed by atoms with Crippen molar-refractivity contribution >= 4 is 40.0 Å². The van der Waals surface area contributed by atoms with Gasteiger partial charge in [0.15, 0.2) is 0 Å². The third kappa shape index (κ3) is 6.84. The normalized spacial score (nSPS) is 12.0. The smallest absolute Gasteiger partial charge is 0.358 e. The Bertz CT molecular complexity index is 1760. The van der Waals surface area contributed by atoms with Gasteiger partial charge in [-0.05, 0) is 33.1 Å². The van der Waals surface area contributed by atoms with E-state index in [0.29, 0.717) is 0 Å². The van der Waals surface area contributed by atoms with Crippen molar-refractivity contribution in [1.29, 1.82) is 0 Å². The summed E-state index contributed by atoms with van der Waals surface area (Å²) >= 11 is 0. The Morgan fingerprint density at radius 3 is 1.29 bits per heavy atom. The van der Waals surface area contributed by atoms with E-state index in [1.807, 2.05) is 0 Å². The molecule has 0 heterocycles. The van der Waals surface area contributed by atoms with E-state index in [9.17, 15) is 0 Å². The van der Waals surface area contributed by atoms with Crippen LogP contribution < -0.4 is 10.4 Å². The molecule has 0 aromatic heterocycles. The predicted molar refractivity (Wildman–Crippen MR) is 202 cm³/mol. The van der Waals surface area contributed by atoms with Crippen molar-refractivity contribution in [3.8, 4) is 22.3 Å². The van der Waals surface area contributed by atoms with Crippen LogP contribution in [0.1, 0.15) is 59.6 Å². The maximum atomic E-state index is 2.56. The Morgan fingerprint density at radius 2 is 0.933 bits per heavy atom. The fourth-order valence-corrected chi connectivity index (χ4v) is 9.52. The SMILES string of the molecule is CC[Si](C)(c1cc2c(-c3cccc(C(C)(C)C)c3)cccc2[cH-]1)c1cc2c(-c3cccc(C(C)(C)C)c3)cccc2[cH-]1.[CH3-].[CH3-].[Hf+4]. The Balaban J connectivity index is 0.00000184. The van der Waals surface area contributed by atoms with E-state index >= 15 is 0 Å². The standard InChI is InChI=1S/C41H44Si.2CH3.Hf/c1-9-42(8,34-24-30-16-12-20-36(38(30)26-34)28-14-10-18-32(22-28)40(2,3)4)35-25-31-17-13-21-37(39(31)27-35)29-15-11-19-33(23-29)41(5,6)7;;;/h10-27H,9H2,1-8H3;2*1H3;/q-2;2*-1;+4. The van der Waals surface area contributed by atoms with E-state index in [4.69, 9.17) is 0 Å². The van der Waals surface area contributed by atoms with Gasteiger partial charge in [0, 0.05) is 0 Å². The maximum absolute atomic E-state index is 2.56. The van der Waals surface area contributed by atoms with Crippen LogP contribution in [0.4, 0.5) is 0 Å². The van der Waals surface area contributed by atoms with Crippen LogP contribution >= 0.6 is 0 Å². The topological polar surface area (TPSA) is 0 Å². The molecule has 0 fully saturated rings. The van der Waals surface area contributed by atoms with E-state index in [1.54, 1.807) is 0 Å². The first-order valence-electron chi connectivity index (χ1n) is 15.5. The fraction of sp³-hybridized carbons (Fsp3) is 0.256. The third-order valence-electron chi connectivity index (χ3n) is 9.56. The summed E-state index contributed by atoms with van der Waals surface area (Å²) < 4.78 is 0. The molecule has 0 aliphatic carbocycles. The van der Waals surface area contributed by atoms with Gasteiger partial charge in [-0.25, -0.2) is 0 Å². The molecule has 0 aliphatic heterocycles. The zero-order chi connectivity index (χ0) is 29.9. The van der Waals surface area contributed by atoms with E-state index in [2.05, 4.69) is 164 Å². The first-order valence-corrected chi connectivity index (χ1v) is 18.2. The number of fused-ring (bicyclic) bond motifs is 2. The van der Waals surface area contributed by atoms with Crippen LogP contribution in [0, 0.1) is 14.9 Å². The molecule has 0 aliphatic rings. The summed E-state index contributed by atoms with van der Waals surface area (Å²) in [6.45, 7) is 18.7. The molecule has 6 rings (SSSR count). The summed E-state index contributed by atoms with van der Waals surface area (Å²) in [5, 5.41) is 8.53. The first kappa shape index (κ1) is 36.7. The summed E-state index contributed by atoms with van der Waals surface area (Å²) in [6, 6.07) is 43.1. The van der Waals surface area contributed by atoms with Crippen molar-refractivity contribution in [1.82, 2.24) is 0 Å². The van der Waals surface area contributed by atoms with Crippen molar-refractivity contribution in [2.75, 3.05) is 0 Å². The minimum atomic E-state index is -1.97. The van der Waals surface area contributed by atoms with Crippen molar-refractivity contribution < 1.29 is 25.8 Å². The predicted octanol–water partition coefficient (Wildman–Crippen LogP) is 11.5. The van der Waals surface area contributed by atoms with Crippen LogP contribution in [0.15, 0.2) is 109 Å². The molecule has 230 valence electrons. The minimum Gasteiger partial charge on any atom is -0.358 e. The molecule has 0 atom stereocenters. The van der Waals surface area contributed by atoms with Crippen molar-refractivity contribution in [2.45, 2.75) is 71.9 Å². The van der Waals surface area contributed by atoms with Gasteiger partial charge < -0.3 is 14.9 Å². The van der Waals surface area contributed by atoms with Gasteiger partial charge in [-0.2, -0.15) is 12.1 Å². The number of hydrogen-bond donors (Lipinski definition) is 0.